The lowest BCUT2D eigenvalue weighted by Crippen LogP contribution is -2.46. The zero-order valence-corrected chi connectivity index (χ0v) is 13.3. The van der Waals surface area contributed by atoms with E-state index in [1.54, 1.807) is 24.3 Å². The molecular weight excluding hydrogens is 282 g/mol. The average Bonchev–Trinajstić information content (AvgIpc) is 2.46. The fourth-order valence-electron chi connectivity index (χ4n) is 2.70. The molecule has 0 radical (unpaired) electrons. The van der Waals surface area contributed by atoms with Crippen molar-refractivity contribution < 1.29 is 19.1 Å². The number of hydrogen-bond donors (Lipinski definition) is 1. The molecule has 1 aliphatic heterocycles. The largest absolute Gasteiger partial charge is 0.465 e. The van der Waals surface area contributed by atoms with E-state index in [2.05, 4.69) is 10.1 Å². The van der Waals surface area contributed by atoms with Crippen LogP contribution < -0.4 is 5.32 Å². The Hall–Kier alpha value is -1.88. The lowest BCUT2D eigenvalue weighted by Gasteiger charge is -2.35. The SMILES string of the molecule is COC(=O)c1ccc(CC(=O)NC2CCOC(C)(C)C2)cc1. The Morgan fingerprint density at radius 1 is 1.32 bits per heavy atom. The molecule has 1 aromatic carbocycles. The van der Waals surface area contributed by atoms with Crippen LogP contribution in [-0.2, 0) is 20.7 Å². The first-order chi connectivity index (χ1) is 10.4. The number of rotatable bonds is 4. The maximum Gasteiger partial charge on any atom is 0.337 e. The van der Waals surface area contributed by atoms with Gasteiger partial charge < -0.3 is 14.8 Å². The summed E-state index contributed by atoms with van der Waals surface area (Å²) in [5.74, 6) is -0.381. The summed E-state index contributed by atoms with van der Waals surface area (Å²) in [6.07, 6.45) is 1.97. The smallest absolute Gasteiger partial charge is 0.337 e. The lowest BCUT2D eigenvalue weighted by molar-refractivity contribution is -0.123. The summed E-state index contributed by atoms with van der Waals surface area (Å²) in [6.45, 7) is 4.75. The number of methoxy groups -OCH3 is 1. The molecule has 0 aliphatic carbocycles. The van der Waals surface area contributed by atoms with E-state index in [1.165, 1.54) is 7.11 Å². The van der Waals surface area contributed by atoms with Crippen LogP contribution >= 0.6 is 0 Å². The van der Waals surface area contributed by atoms with E-state index in [9.17, 15) is 9.59 Å². The molecule has 5 heteroatoms. The van der Waals surface area contributed by atoms with Crippen LogP contribution in [0.4, 0.5) is 0 Å². The highest BCUT2D eigenvalue weighted by molar-refractivity contribution is 5.89. The minimum Gasteiger partial charge on any atom is -0.465 e. The molecule has 0 bridgehead atoms. The lowest BCUT2D eigenvalue weighted by atomic mass is 9.94. The van der Waals surface area contributed by atoms with Crippen LogP contribution in [0.3, 0.4) is 0 Å². The third kappa shape index (κ3) is 4.56. The van der Waals surface area contributed by atoms with Gasteiger partial charge in [0.15, 0.2) is 0 Å². The minimum absolute atomic E-state index is 0.00600. The Balaban J connectivity index is 1.88. The first-order valence-electron chi connectivity index (χ1n) is 7.50. The number of nitrogens with one attached hydrogen (secondary N) is 1. The maximum absolute atomic E-state index is 12.1. The molecule has 0 spiro atoms. The van der Waals surface area contributed by atoms with Crippen LogP contribution in [0.15, 0.2) is 24.3 Å². The molecule has 1 N–H and O–H groups in total. The van der Waals surface area contributed by atoms with Crippen LogP contribution in [0.2, 0.25) is 0 Å². The standard InChI is InChI=1S/C17H23NO4/c1-17(2)11-14(8-9-22-17)18-15(19)10-12-4-6-13(7-5-12)16(20)21-3/h4-7,14H,8-11H2,1-3H3,(H,18,19). The van der Waals surface area contributed by atoms with E-state index in [4.69, 9.17) is 4.74 Å². The van der Waals surface area contributed by atoms with Gasteiger partial charge in [0.1, 0.15) is 0 Å². The highest BCUT2D eigenvalue weighted by Crippen LogP contribution is 2.23. The van der Waals surface area contributed by atoms with Gasteiger partial charge in [-0.1, -0.05) is 12.1 Å². The molecule has 1 atom stereocenters. The van der Waals surface area contributed by atoms with Crippen molar-refractivity contribution in [3.63, 3.8) is 0 Å². The molecule has 2 rings (SSSR count). The number of ether oxygens (including phenoxy) is 2. The van der Waals surface area contributed by atoms with E-state index < -0.39 is 0 Å². The summed E-state index contributed by atoms with van der Waals surface area (Å²) >= 11 is 0. The molecule has 1 aliphatic rings. The average molecular weight is 305 g/mol. The van der Waals surface area contributed by atoms with Crippen LogP contribution in [0.1, 0.15) is 42.6 Å². The van der Waals surface area contributed by atoms with E-state index in [-0.39, 0.29) is 23.5 Å². The van der Waals surface area contributed by atoms with Crippen LogP contribution in [0, 0.1) is 0 Å². The van der Waals surface area contributed by atoms with Gasteiger partial charge in [0.25, 0.3) is 0 Å². The molecule has 0 saturated carbocycles. The number of amides is 1. The first-order valence-corrected chi connectivity index (χ1v) is 7.50. The number of carbonyl (C=O) groups excluding carboxylic acids is 2. The summed E-state index contributed by atoms with van der Waals surface area (Å²) < 4.78 is 10.3. The van der Waals surface area contributed by atoms with Gasteiger partial charge in [-0.15, -0.1) is 0 Å². The van der Waals surface area contributed by atoms with Crippen molar-refractivity contribution in [3.05, 3.63) is 35.4 Å². The van der Waals surface area contributed by atoms with Crippen LogP contribution in [0.25, 0.3) is 0 Å². The fraction of sp³-hybridized carbons (Fsp3) is 0.529. The van der Waals surface area contributed by atoms with Crippen molar-refractivity contribution in [2.24, 2.45) is 0 Å². The Morgan fingerprint density at radius 2 is 2.00 bits per heavy atom. The van der Waals surface area contributed by atoms with Crippen molar-refractivity contribution >= 4 is 11.9 Å². The van der Waals surface area contributed by atoms with Gasteiger partial charge >= 0.3 is 5.97 Å². The van der Waals surface area contributed by atoms with Gasteiger partial charge in [-0.3, -0.25) is 4.79 Å². The molecule has 0 aromatic heterocycles. The van der Waals surface area contributed by atoms with Crippen molar-refractivity contribution in [3.8, 4) is 0 Å². The predicted molar refractivity (Wildman–Crippen MR) is 82.7 cm³/mol. The van der Waals surface area contributed by atoms with Crippen molar-refractivity contribution in [2.45, 2.75) is 44.8 Å². The summed E-state index contributed by atoms with van der Waals surface area (Å²) in [5, 5.41) is 3.06. The first kappa shape index (κ1) is 16.5. The third-order valence-corrected chi connectivity index (χ3v) is 3.80. The number of benzene rings is 1. The monoisotopic (exact) mass is 305 g/mol. The van der Waals surface area contributed by atoms with Crippen molar-refractivity contribution in [2.75, 3.05) is 13.7 Å². The fourth-order valence-corrected chi connectivity index (χ4v) is 2.70. The molecule has 5 nitrogen and oxygen atoms in total. The van der Waals surface area contributed by atoms with Crippen molar-refractivity contribution in [1.82, 2.24) is 5.32 Å². The van der Waals surface area contributed by atoms with Gasteiger partial charge in [0, 0.05) is 12.6 Å². The number of hydrogen-bond acceptors (Lipinski definition) is 4. The van der Waals surface area contributed by atoms with Gasteiger partial charge in [0.2, 0.25) is 5.91 Å². The van der Waals surface area contributed by atoms with Crippen LogP contribution in [0.5, 0.6) is 0 Å². The van der Waals surface area contributed by atoms with E-state index in [1.807, 2.05) is 13.8 Å². The van der Waals surface area contributed by atoms with Crippen molar-refractivity contribution in [1.29, 1.82) is 0 Å². The molecule has 120 valence electrons. The highest BCUT2D eigenvalue weighted by atomic mass is 16.5. The zero-order valence-electron chi connectivity index (χ0n) is 13.3. The zero-order chi connectivity index (χ0) is 16.2. The van der Waals surface area contributed by atoms with Gasteiger partial charge in [-0.25, -0.2) is 4.79 Å². The molecular formula is C17H23NO4. The topological polar surface area (TPSA) is 64.6 Å². The van der Waals surface area contributed by atoms with E-state index in [0.717, 1.165) is 18.4 Å². The molecule has 1 fully saturated rings. The molecule has 1 amide bonds. The molecule has 22 heavy (non-hydrogen) atoms. The Kier molecular flexibility index (Phi) is 5.19. The normalized spacial score (nSPS) is 20.2. The second-order valence-corrected chi connectivity index (χ2v) is 6.23. The minimum atomic E-state index is -0.375. The quantitative estimate of drug-likeness (QED) is 0.865. The number of esters is 1. The highest BCUT2D eigenvalue weighted by Gasteiger charge is 2.29. The van der Waals surface area contributed by atoms with E-state index in [0.29, 0.717) is 18.6 Å². The summed E-state index contributed by atoms with van der Waals surface area (Å²) in [5.41, 5.74) is 1.17. The summed E-state index contributed by atoms with van der Waals surface area (Å²) in [4.78, 5) is 23.5. The predicted octanol–water partition coefficient (Wildman–Crippen LogP) is 2.09. The van der Waals surface area contributed by atoms with Gasteiger partial charge in [0.05, 0.1) is 24.7 Å². The summed E-state index contributed by atoms with van der Waals surface area (Å²) in [7, 11) is 1.35. The molecule has 1 unspecified atom stereocenters. The van der Waals surface area contributed by atoms with E-state index >= 15 is 0 Å². The van der Waals surface area contributed by atoms with Crippen LogP contribution in [-0.4, -0.2) is 37.2 Å². The number of carbonyl (C=O) groups is 2. The third-order valence-electron chi connectivity index (χ3n) is 3.80. The Bertz CT molecular complexity index is 536. The molecule has 1 aromatic rings. The second-order valence-electron chi connectivity index (χ2n) is 6.23. The second kappa shape index (κ2) is 6.92. The van der Waals surface area contributed by atoms with Gasteiger partial charge in [-0.05, 0) is 44.4 Å². The Labute approximate surface area is 131 Å². The molecule has 1 heterocycles. The van der Waals surface area contributed by atoms with Gasteiger partial charge in [-0.2, -0.15) is 0 Å². The summed E-state index contributed by atoms with van der Waals surface area (Å²) in [6, 6.07) is 7.06. The molecule has 1 saturated heterocycles. The Morgan fingerprint density at radius 3 is 2.59 bits per heavy atom. The maximum atomic E-state index is 12.1.